The third-order valence-corrected chi connectivity index (χ3v) is 8.40. The second-order valence-electron chi connectivity index (χ2n) is 10.8. The minimum absolute atomic E-state index is 0.442. The van der Waals surface area contributed by atoms with E-state index < -0.39 is 0 Å². The zero-order valence-corrected chi connectivity index (χ0v) is 23.4. The predicted molar refractivity (Wildman–Crippen MR) is 176 cm³/mol. The van der Waals surface area contributed by atoms with Crippen LogP contribution >= 0.6 is 0 Å². The van der Waals surface area contributed by atoms with Crippen LogP contribution in [0.2, 0.25) is 0 Å². The lowest BCUT2D eigenvalue weighted by atomic mass is 10.0. The van der Waals surface area contributed by atoms with E-state index in [4.69, 9.17) is 6.57 Å². The fourth-order valence-corrected chi connectivity index (χ4v) is 6.40. The van der Waals surface area contributed by atoms with Gasteiger partial charge in [-0.15, -0.1) is 0 Å². The molecule has 2 heterocycles. The van der Waals surface area contributed by atoms with Gasteiger partial charge in [-0.2, -0.15) is 10.5 Å². The molecule has 8 rings (SSSR count). The van der Waals surface area contributed by atoms with E-state index in [0.29, 0.717) is 16.8 Å². The van der Waals surface area contributed by atoms with E-state index in [1.807, 2.05) is 42.5 Å². The Labute approximate surface area is 253 Å². The summed E-state index contributed by atoms with van der Waals surface area (Å²) >= 11 is 0. The van der Waals surface area contributed by atoms with Crippen LogP contribution in [0.4, 0.5) is 5.69 Å². The molecular weight excluding hydrogens is 538 g/mol. The van der Waals surface area contributed by atoms with Gasteiger partial charge in [0.15, 0.2) is 0 Å². The molecule has 44 heavy (non-hydrogen) atoms. The van der Waals surface area contributed by atoms with E-state index in [1.54, 1.807) is 12.1 Å². The van der Waals surface area contributed by atoms with Crippen LogP contribution < -0.4 is 0 Å². The summed E-state index contributed by atoms with van der Waals surface area (Å²) in [7, 11) is 0. The van der Waals surface area contributed by atoms with E-state index in [1.165, 1.54) is 10.8 Å². The topological polar surface area (TPSA) is 61.8 Å². The van der Waals surface area contributed by atoms with Crippen LogP contribution in [-0.2, 0) is 0 Å². The van der Waals surface area contributed by atoms with Crippen molar-refractivity contribution < 1.29 is 0 Å². The Morgan fingerprint density at radius 1 is 0.500 bits per heavy atom. The number of nitriles is 2. The Morgan fingerprint density at radius 2 is 1.09 bits per heavy atom. The van der Waals surface area contributed by atoms with Crippen molar-refractivity contribution in [2.45, 2.75) is 0 Å². The summed E-state index contributed by atoms with van der Waals surface area (Å²) in [6.45, 7) is 7.81. The SMILES string of the molecule is [C-]#[N+]c1cc(C#N)ccc1-n1c2ccccc2c2cc(-c3ccc4c5ccccc5n(-c5ccc(C#N)cc5)c4c3)ccc21. The summed E-state index contributed by atoms with van der Waals surface area (Å²) < 4.78 is 4.38. The lowest BCUT2D eigenvalue weighted by Crippen LogP contribution is -1.95. The molecule has 0 aliphatic carbocycles. The number of hydrogen-bond acceptors (Lipinski definition) is 2. The maximum Gasteiger partial charge on any atom is 0.211 e. The molecule has 0 atom stereocenters. The van der Waals surface area contributed by atoms with Gasteiger partial charge in [0.25, 0.3) is 0 Å². The van der Waals surface area contributed by atoms with E-state index in [9.17, 15) is 10.5 Å². The number of fused-ring (bicyclic) bond motifs is 6. The molecule has 0 aliphatic rings. The average Bonchev–Trinajstić information content (AvgIpc) is 3.60. The van der Waals surface area contributed by atoms with Gasteiger partial charge in [0.2, 0.25) is 5.69 Å². The highest BCUT2D eigenvalue weighted by Gasteiger charge is 2.17. The van der Waals surface area contributed by atoms with Gasteiger partial charge in [-0.1, -0.05) is 54.6 Å². The van der Waals surface area contributed by atoms with Crippen molar-refractivity contribution >= 4 is 49.3 Å². The molecule has 0 aliphatic heterocycles. The van der Waals surface area contributed by atoms with Crippen LogP contribution in [0.15, 0.2) is 127 Å². The van der Waals surface area contributed by atoms with Gasteiger partial charge < -0.3 is 9.13 Å². The van der Waals surface area contributed by atoms with Gasteiger partial charge in [-0.05, 0) is 83.9 Å². The highest BCUT2D eigenvalue weighted by molar-refractivity contribution is 6.12. The van der Waals surface area contributed by atoms with Gasteiger partial charge in [0.05, 0.1) is 52.0 Å². The second kappa shape index (κ2) is 9.74. The highest BCUT2D eigenvalue weighted by Crippen LogP contribution is 2.39. The first-order valence-corrected chi connectivity index (χ1v) is 14.2. The maximum absolute atomic E-state index is 9.40. The first kappa shape index (κ1) is 25.1. The molecule has 0 unspecified atom stereocenters. The van der Waals surface area contributed by atoms with E-state index in [0.717, 1.165) is 55.3 Å². The summed E-state index contributed by atoms with van der Waals surface area (Å²) in [4.78, 5) is 3.76. The van der Waals surface area contributed by atoms with Crippen molar-refractivity contribution in [1.82, 2.24) is 9.13 Å². The fraction of sp³-hybridized carbons (Fsp3) is 0. The van der Waals surface area contributed by atoms with E-state index in [2.05, 4.69) is 98.9 Å². The summed E-state index contributed by atoms with van der Waals surface area (Å²) in [6, 6.07) is 47.1. The van der Waals surface area contributed by atoms with Gasteiger partial charge in [-0.25, -0.2) is 4.85 Å². The van der Waals surface area contributed by atoms with Crippen molar-refractivity contribution in [3.05, 3.63) is 150 Å². The van der Waals surface area contributed by atoms with Gasteiger partial charge in [0.1, 0.15) is 0 Å². The van der Waals surface area contributed by atoms with Crippen molar-refractivity contribution in [3.63, 3.8) is 0 Å². The zero-order valence-electron chi connectivity index (χ0n) is 23.4. The molecule has 0 bridgehead atoms. The highest BCUT2D eigenvalue weighted by atomic mass is 15.0. The normalized spacial score (nSPS) is 11.1. The van der Waals surface area contributed by atoms with Crippen molar-refractivity contribution in [3.8, 4) is 34.6 Å². The number of para-hydroxylation sites is 2. The summed E-state index contributed by atoms with van der Waals surface area (Å²) in [6.07, 6.45) is 0. The quantitative estimate of drug-likeness (QED) is 0.202. The lowest BCUT2D eigenvalue weighted by molar-refractivity contribution is 1.18. The van der Waals surface area contributed by atoms with Crippen molar-refractivity contribution in [2.75, 3.05) is 0 Å². The van der Waals surface area contributed by atoms with E-state index >= 15 is 0 Å². The molecule has 0 saturated heterocycles. The Hall–Kier alpha value is -6.61. The number of hydrogen-bond donors (Lipinski definition) is 0. The largest absolute Gasteiger partial charge is 0.319 e. The van der Waals surface area contributed by atoms with Crippen molar-refractivity contribution in [1.29, 1.82) is 10.5 Å². The fourth-order valence-electron chi connectivity index (χ4n) is 6.40. The second-order valence-corrected chi connectivity index (χ2v) is 10.8. The number of nitrogens with zero attached hydrogens (tertiary/aromatic N) is 5. The molecule has 2 aromatic heterocycles. The number of rotatable bonds is 3. The Balaban J connectivity index is 1.35. The van der Waals surface area contributed by atoms with Gasteiger partial charge in [0, 0.05) is 32.8 Å². The smallest absolute Gasteiger partial charge is 0.211 e. The van der Waals surface area contributed by atoms with Crippen LogP contribution in [0, 0.1) is 29.2 Å². The number of aromatic nitrogens is 2. The maximum atomic E-state index is 9.40. The summed E-state index contributed by atoms with van der Waals surface area (Å²) in [5.74, 6) is 0. The molecule has 0 radical (unpaired) electrons. The first-order chi connectivity index (χ1) is 21.7. The summed E-state index contributed by atoms with van der Waals surface area (Å²) in [5, 5.41) is 23.3. The molecule has 5 nitrogen and oxygen atoms in total. The molecule has 0 N–H and O–H groups in total. The first-order valence-electron chi connectivity index (χ1n) is 14.2. The minimum Gasteiger partial charge on any atom is -0.319 e. The summed E-state index contributed by atoms with van der Waals surface area (Å²) in [5.41, 5.74) is 9.69. The van der Waals surface area contributed by atoms with Crippen LogP contribution in [0.3, 0.4) is 0 Å². The zero-order chi connectivity index (χ0) is 29.8. The molecule has 202 valence electrons. The molecule has 0 amide bonds. The van der Waals surface area contributed by atoms with E-state index in [-0.39, 0.29) is 0 Å². The Bertz CT molecular complexity index is 2580. The molecule has 0 saturated carbocycles. The number of benzene rings is 6. The van der Waals surface area contributed by atoms with Gasteiger partial charge >= 0.3 is 0 Å². The monoisotopic (exact) mass is 559 g/mol. The Kier molecular flexibility index (Phi) is 5.56. The van der Waals surface area contributed by atoms with Gasteiger partial charge in [-0.3, -0.25) is 0 Å². The third-order valence-electron chi connectivity index (χ3n) is 8.40. The predicted octanol–water partition coefficient (Wildman–Crippen LogP) is 9.84. The van der Waals surface area contributed by atoms with Crippen LogP contribution in [0.25, 0.3) is 71.0 Å². The lowest BCUT2D eigenvalue weighted by Gasteiger charge is -2.11. The van der Waals surface area contributed by atoms with Crippen molar-refractivity contribution in [2.24, 2.45) is 0 Å². The van der Waals surface area contributed by atoms with Crippen LogP contribution in [-0.4, -0.2) is 9.13 Å². The molecule has 5 heteroatoms. The molecule has 6 aromatic carbocycles. The standard InChI is InChI=1S/C39H21N5/c1-42-34-20-26(24-41)12-18-38(34)44-36-9-5-3-7-31(36)33-21-27(14-19-37(33)44)28-13-17-32-30-6-2-4-8-35(30)43(39(32)22-28)29-15-10-25(23-40)11-16-29/h2-22H. The van der Waals surface area contributed by atoms with Crippen LogP contribution in [0.5, 0.6) is 0 Å². The third kappa shape index (κ3) is 3.70. The molecule has 0 spiro atoms. The molecule has 0 fully saturated rings. The van der Waals surface area contributed by atoms with Crippen LogP contribution in [0.1, 0.15) is 11.1 Å². The average molecular weight is 560 g/mol. The molecule has 8 aromatic rings. The minimum atomic E-state index is 0.442. The Morgan fingerprint density at radius 3 is 1.82 bits per heavy atom. The molecular formula is C39H21N5.